The van der Waals surface area contributed by atoms with Crippen LogP contribution >= 0.6 is 23.4 Å². The summed E-state index contributed by atoms with van der Waals surface area (Å²) in [6.45, 7) is 5.84. The van der Waals surface area contributed by atoms with Gasteiger partial charge in [-0.1, -0.05) is 65.7 Å². The lowest BCUT2D eigenvalue weighted by atomic mass is 9.98. The fourth-order valence-corrected chi connectivity index (χ4v) is 5.08. The summed E-state index contributed by atoms with van der Waals surface area (Å²) in [5.74, 6) is 0.0288. The molecule has 3 aromatic carbocycles. The number of hydrogen-bond acceptors (Lipinski definition) is 3. The fourth-order valence-electron chi connectivity index (χ4n) is 3.79. The highest BCUT2D eigenvalue weighted by Crippen LogP contribution is 2.41. The Hall–Kier alpha value is -2.82. The predicted octanol–water partition coefficient (Wildman–Crippen LogP) is 6.48. The van der Waals surface area contributed by atoms with E-state index in [1.165, 1.54) is 16.7 Å². The Balaban J connectivity index is 1.80. The number of carbonyl (C=O) groups excluding carboxylic acids is 2. The third kappa shape index (κ3) is 4.18. The second-order valence-electron chi connectivity index (χ2n) is 7.67. The number of nitrogens with zero attached hydrogens (tertiary/aromatic N) is 1. The maximum Gasteiger partial charge on any atom is 0.272 e. The Bertz CT molecular complexity index is 1220. The van der Waals surface area contributed by atoms with Crippen LogP contribution in [0.2, 0.25) is 5.02 Å². The van der Waals surface area contributed by atoms with E-state index in [-0.39, 0.29) is 11.8 Å². The highest BCUT2D eigenvalue weighted by atomic mass is 35.5. The van der Waals surface area contributed by atoms with E-state index in [0.717, 1.165) is 27.8 Å². The molecule has 31 heavy (non-hydrogen) atoms. The number of halogens is 1. The minimum atomic E-state index is -0.294. The Morgan fingerprint density at radius 2 is 1.58 bits per heavy atom. The predicted molar refractivity (Wildman–Crippen MR) is 129 cm³/mol. The van der Waals surface area contributed by atoms with Gasteiger partial charge in [0.1, 0.15) is 0 Å². The topological polar surface area (TPSA) is 37.4 Å². The van der Waals surface area contributed by atoms with E-state index in [1.807, 2.05) is 69.3 Å². The number of carbonyl (C=O) groups is 2. The van der Waals surface area contributed by atoms with Crippen LogP contribution in [0.4, 0.5) is 5.69 Å². The maximum absolute atomic E-state index is 13.6. The standard InChI is InChI=1S/C26H22ClNO2S/c1-16-9-11-21(17(2)13-16)23-24(31-15-19-7-5-4-6-8-19)26(30)28(25(23)29)22-12-10-20(27)14-18(22)3/h4-14H,15H2,1-3H3. The Morgan fingerprint density at radius 3 is 2.26 bits per heavy atom. The Kier molecular flexibility index (Phi) is 6.03. The molecule has 3 nitrogen and oxygen atoms in total. The van der Waals surface area contributed by atoms with Crippen molar-refractivity contribution in [2.75, 3.05) is 4.90 Å². The van der Waals surface area contributed by atoms with Gasteiger partial charge in [0.2, 0.25) is 0 Å². The number of imide groups is 1. The van der Waals surface area contributed by atoms with Crippen LogP contribution in [-0.2, 0) is 15.3 Å². The molecule has 3 aromatic rings. The van der Waals surface area contributed by atoms with Gasteiger partial charge in [-0.15, -0.1) is 11.8 Å². The van der Waals surface area contributed by atoms with E-state index in [4.69, 9.17) is 11.6 Å². The lowest BCUT2D eigenvalue weighted by Crippen LogP contribution is -2.32. The summed E-state index contributed by atoms with van der Waals surface area (Å²) in [6, 6.07) is 21.1. The van der Waals surface area contributed by atoms with Crippen molar-refractivity contribution in [3.05, 3.63) is 104 Å². The molecule has 1 aliphatic rings. The van der Waals surface area contributed by atoms with Crippen LogP contribution < -0.4 is 4.90 Å². The lowest BCUT2D eigenvalue weighted by Gasteiger charge is -2.18. The molecule has 0 unspecified atom stereocenters. The van der Waals surface area contributed by atoms with Gasteiger partial charge in [0.05, 0.1) is 16.2 Å². The fraction of sp³-hybridized carbons (Fsp3) is 0.154. The van der Waals surface area contributed by atoms with Gasteiger partial charge < -0.3 is 0 Å². The van der Waals surface area contributed by atoms with Crippen LogP contribution in [0.1, 0.15) is 27.8 Å². The third-order valence-electron chi connectivity index (χ3n) is 5.32. The van der Waals surface area contributed by atoms with Crippen LogP contribution in [0.25, 0.3) is 5.57 Å². The van der Waals surface area contributed by atoms with E-state index >= 15 is 0 Å². The SMILES string of the molecule is Cc1ccc(C2=C(SCc3ccccc3)C(=O)N(c3ccc(Cl)cc3C)C2=O)c(C)c1. The zero-order valence-corrected chi connectivity index (χ0v) is 19.2. The lowest BCUT2D eigenvalue weighted by molar-refractivity contribution is -0.119. The largest absolute Gasteiger partial charge is 0.272 e. The molecule has 4 rings (SSSR count). The summed E-state index contributed by atoms with van der Waals surface area (Å²) in [7, 11) is 0. The van der Waals surface area contributed by atoms with E-state index in [0.29, 0.717) is 26.9 Å². The van der Waals surface area contributed by atoms with Gasteiger partial charge in [-0.3, -0.25) is 9.59 Å². The molecule has 0 radical (unpaired) electrons. The van der Waals surface area contributed by atoms with E-state index in [9.17, 15) is 9.59 Å². The molecule has 0 bridgehead atoms. The van der Waals surface area contributed by atoms with Crippen molar-refractivity contribution < 1.29 is 9.59 Å². The first-order valence-electron chi connectivity index (χ1n) is 10.0. The molecule has 0 aliphatic carbocycles. The summed E-state index contributed by atoms with van der Waals surface area (Å²) in [5.41, 5.74) is 5.80. The van der Waals surface area contributed by atoms with Gasteiger partial charge in [0, 0.05) is 10.8 Å². The molecule has 1 heterocycles. The zero-order valence-electron chi connectivity index (χ0n) is 17.6. The smallest absolute Gasteiger partial charge is 0.268 e. The van der Waals surface area contributed by atoms with Crippen molar-refractivity contribution >= 4 is 46.4 Å². The molecule has 0 saturated carbocycles. The molecule has 0 fully saturated rings. The van der Waals surface area contributed by atoms with Crippen molar-refractivity contribution in [2.45, 2.75) is 26.5 Å². The van der Waals surface area contributed by atoms with E-state index < -0.39 is 0 Å². The first-order valence-corrected chi connectivity index (χ1v) is 11.4. The molecular weight excluding hydrogens is 426 g/mol. The maximum atomic E-state index is 13.6. The van der Waals surface area contributed by atoms with Crippen molar-refractivity contribution in [1.29, 1.82) is 0 Å². The monoisotopic (exact) mass is 447 g/mol. The van der Waals surface area contributed by atoms with Crippen molar-refractivity contribution in [3.63, 3.8) is 0 Å². The molecule has 1 aliphatic heterocycles. The van der Waals surface area contributed by atoms with Crippen molar-refractivity contribution in [1.82, 2.24) is 0 Å². The Labute approximate surface area is 191 Å². The molecule has 0 spiro atoms. The molecule has 156 valence electrons. The number of anilines is 1. The number of amides is 2. The quantitative estimate of drug-likeness (QED) is 0.420. The highest BCUT2D eigenvalue weighted by Gasteiger charge is 2.41. The van der Waals surface area contributed by atoms with Gasteiger partial charge in [-0.2, -0.15) is 0 Å². The Morgan fingerprint density at radius 1 is 0.839 bits per heavy atom. The average molecular weight is 448 g/mol. The number of rotatable bonds is 5. The summed E-state index contributed by atoms with van der Waals surface area (Å²) in [5, 5.41) is 0.571. The van der Waals surface area contributed by atoms with E-state index in [1.54, 1.807) is 18.2 Å². The van der Waals surface area contributed by atoms with E-state index in [2.05, 4.69) is 0 Å². The highest BCUT2D eigenvalue weighted by molar-refractivity contribution is 8.03. The summed E-state index contributed by atoms with van der Waals surface area (Å²) >= 11 is 7.51. The second-order valence-corrected chi connectivity index (χ2v) is 9.10. The first kappa shape index (κ1) is 21.4. The van der Waals surface area contributed by atoms with Crippen LogP contribution in [0.3, 0.4) is 0 Å². The van der Waals surface area contributed by atoms with Gasteiger partial charge in [0.15, 0.2) is 0 Å². The van der Waals surface area contributed by atoms with Gasteiger partial charge in [-0.25, -0.2) is 4.90 Å². The minimum Gasteiger partial charge on any atom is -0.268 e. The van der Waals surface area contributed by atoms with Crippen molar-refractivity contribution in [2.24, 2.45) is 0 Å². The van der Waals surface area contributed by atoms with Crippen LogP contribution in [0.5, 0.6) is 0 Å². The number of aryl methyl sites for hydroxylation is 3. The molecule has 0 aromatic heterocycles. The van der Waals surface area contributed by atoms with Gasteiger partial charge >= 0.3 is 0 Å². The molecule has 5 heteroatoms. The van der Waals surface area contributed by atoms with Crippen LogP contribution in [-0.4, -0.2) is 11.8 Å². The first-order chi connectivity index (χ1) is 14.9. The normalized spacial score (nSPS) is 14.0. The molecular formula is C26H22ClNO2S. The summed E-state index contributed by atoms with van der Waals surface area (Å²) < 4.78 is 0. The third-order valence-corrected chi connectivity index (χ3v) is 6.70. The van der Waals surface area contributed by atoms with Crippen LogP contribution in [0.15, 0.2) is 71.6 Å². The average Bonchev–Trinajstić information content (AvgIpc) is 2.97. The molecule has 2 amide bonds. The number of thioether (sulfide) groups is 1. The molecule has 0 N–H and O–H groups in total. The van der Waals surface area contributed by atoms with Crippen LogP contribution in [0, 0.1) is 20.8 Å². The minimum absolute atomic E-state index is 0.286. The second kappa shape index (κ2) is 8.74. The summed E-state index contributed by atoms with van der Waals surface area (Å²) in [4.78, 5) is 28.9. The molecule has 0 atom stereocenters. The van der Waals surface area contributed by atoms with Gasteiger partial charge in [0.25, 0.3) is 11.8 Å². The zero-order chi connectivity index (χ0) is 22.1. The summed E-state index contributed by atoms with van der Waals surface area (Å²) in [6.07, 6.45) is 0. The number of benzene rings is 3. The van der Waals surface area contributed by atoms with Crippen molar-refractivity contribution in [3.8, 4) is 0 Å². The molecule has 0 saturated heterocycles. The number of hydrogen-bond donors (Lipinski definition) is 0. The van der Waals surface area contributed by atoms with Gasteiger partial charge in [-0.05, 0) is 61.2 Å².